The number of anilines is 2. The Morgan fingerprint density at radius 3 is 2.82 bits per heavy atom. The summed E-state index contributed by atoms with van der Waals surface area (Å²) in [6.45, 7) is 4.95. The van der Waals surface area contributed by atoms with Crippen LogP contribution in [0.15, 0.2) is 6.07 Å². The molecule has 7 heteroatoms. The van der Waals surface area contributed by atoms with Gasteiger partial charge in [0.2, 0.25) is 5.95 Å². The standard InChI is InChI=1S/C15H22N6O/c1-8-4-9(2)18-14-12(8)13(16-3)20-15(21-14)19-10-5-11(7-22)17-6-10/h4,10-11,17,22H,5-7H2,1-3H3,(H2,16,18,19,20,21). The Morgan fingerprint density at radius 1 is 1.32 bits per heavy atom. The van der Waals surface area contributed by atoms with Crippen molar-refractivity contribution in [3.05, 3.63) is 17.3 Å². The van der Waals surface area contributed by atoms with Crippen molar-refractivity contribution in [1.29, 1.82) is 0 Å². The van der Waals surface area contributed by atoms with Gasteiger partial charge in [-0.2, -0.15) is 9.97 Å². The van der Waals surface area contributed by atoms with E-state index in [4.69, 9.17) is 0 Å². The Labute approximate surface area is 129 Å². The van der Waals surface area contributed by atoms with Gasteiger partial charge in [0, 0.05) is 31.4 Å². The molecule has 0 bridgehead atoms. The molecule has 3 heterocycles. The van der Waals surface area contributed by atoms with Gasteiger partial charge in [0.25, 0.3) is 0 Å². The van der Waals surface area contributed by atoms with Gasteiger partial charge in [-0.15, -0.1) is 0 Å². The maximum atomic E-state index is 9.19. The molecule has 0 amide bonds. The lowest BCUT2D eigenvalue weighted by atomic mass is 10.1. The molecule has 118 valence electrons. The van der Waals surface area contributed by atoms with Crippen molar-refractivity contribution >= 4 is 22.8 Å². The molecule has 0 saturated carbocycles. The van der Waals surface area contributed by atoms with E-state index in [0.717, 1.165) is 35.4 Å². The molecule has 0 aliphatic carbocycles. The summed E-state index contributed by atoms with van der Waals surface area (Å²) < 4.78 is 0. The fraction of sp³-hybridized carbons (Fsp3) is 0.533. The van der Waals surface area contributed by atoms with Crippen LogP contribution in [0.4, 0.5) is 11.8 Å². The van der Waals surface area contributed by atoms with Crippen LogP contribution < -0.4 is 16.0 Å². The average molecular weight is 302 g/mol. The number of rotatable bonds is 4. The predicted molar refractivity (Wildman–Crippen MR) is 87.3 cm³/mol. The average Bonchev–Trinajstić information content (AvgIpc) is 2.93. The second-order valence-electron chi connectivity index (χ2n) is 5.79. The van der Waals surface area contributed by atoms with E-state index in [9.17, 15) is 5.11 Å². The Hall–Kier alpha value is -1.99. The van der Waals surface area contributed by atoms with Crippen molar-refractivity contribution in [1.82, 2.24) is 20.3 Å². The van der Waals surface area contributed by atoms with Crippen molar-refractivity contribution in [2.24, 2.45) is 0 Å². The largest absolute Gasteiger partial charge is 0.395 e. The Bertz CT molecular complexity index is 689. The van der Waals surface area contributed by atoms with Crippen LogP contribution >= 0.6 is 0 Å². The van der Waals surface area contributed by atoms with Crippen molar-refractivity contribution < 1.29 is 5.11 Å². The third-order valence-corrected chi connectivity index (χ3v) is 4.00. The number of aliphatic hydroxyl groups is 1. The maximum Gasteiger partial charge on any atom is 0.226 e. The van der Waals surface area contributed by atoms with E-state index in [1.54, 1.807) is 0 Å². The highest BCUT2D eigenvalue weighted by Gasteiger charge is 2.24. The second-order valence-corrected chi connectivity index (χ2v) is 5.79. The van der Waals surface area contributed by atoms with Crippen LogP contribution in [0.2, 0.25) is 0 Å². The van der Waals surface area contributed by atoms with E-state index >= 15 is 0 Å². The van der Waals surface area contributed by atoms with Gasteiger partial charge < -0.3 is 21.1 Å². The normalized spacial score (nSPS) is 21.3. The summed E-state index contributed by atoms with van der Waals surface area (Å²) in [4.78, 5) is 13.6. The molecule has 1 fully saturated rings. The molecule has 0 radical (unpaired) electrons. The highest BCUT2D eigenvalue weighted by molar-refractivity contribution is 5.90. The first kappa shape index (κ1) is 14.9. The number of hydrogen-bond acceptors (Lipinski definition) is 7. The van der Waals surface area contributed by atoms with Crippen LogP contribution in [0, 0.1) is 13.8 Å². The molecule has 2 aromatic rings. The molecular formula is C15H22N6O. The van der Waals surface area contributed by atoms with E-state index < -0.39 is 0 Å². The monoisotopic (exact) mass is 302 g/mol. The van der Waals surface area contributed by atoms with Crippen molar-refractivity contribution in [3.63, 3.8) is 0 Å². The molecule has 1 aliphatic rings. The molecule has 1 aliphatic heterocycles. The SMILES string of the molecule is CNc1nc(NC2CNC(CO)C2)nc2nc(C)cc(C)c12. The van der Waals surface area contributed by atoms with E-state index in [1.807, 2.05) is 27.0 Å². The fourth-order valence-electron chi connectivity index (χ4n) is 2.97. The lowest BCUT2D eigenvalue weighted by Gasteiger charge is -2.14. The number of nitrogens with one attached hydrogen (secondary N) is 3. The molecule has 4 N–H and O–H groups in total. The molecule has 7 nitrogen and oxygen atoms in total. The van der Waals surface area contributed by atoms with Crippen LogP contribution in [-0.2, 0) is 0 Å². The van der Waals surface area contributed by atoms with Gasteiger partial charge >= 0.3 is 0 Å². The molecule has 2 atom stereocenters. The lowest BCUT2D eigenvalue weighted by molar-refractivity contribution is 0.254. The summed E-state index contributed by atoms with van der Waals surface area (Å²) in [6.07, 6.45) is 0.854. The molecule has 1 saturated heterocycles. The molecule has 0 aromatic carbocycles. The summed E-state index contributed by atoms with van der Waals surface area (Å²) in [5, 5.41) is 19.9. The van der Waals surface area contributed by atoms with Crippen LogP contribution in [-0.4, -0.2) is 52.3 Å². The van der Waals surface area contributed by atoms with Gasteiger partial charge in [0.05, 0.1) is 12.0 Å². The quantitative estimate of drug-likeness (QED) is 0.664. The number of fused-ring (bicyclic) bond motifs is 1. The van der Waals surface area contributed by atoms with Crippen LogP contribution in [0.1, 0.15) is 17.7 Å². The number of hydrogen-bond donors (Lipinski definition) is 4. The molecular weight excluding hydrogens is 280 g/mol. The zero-order valence-corrected chi connectivity index (χ0v) is 13.1. The molecule has 3 rings (SSSR count). The number of nitrogens with zero attached hydrogens (tertiary/aromatic N) is 3. The van der Waals surface area contributed by atoms with E-state index in [-0.39, 0.29) is 18.7 Å². The summed E-state index contributed by atoms with van der Waals surface area (Å²) in [6, 6.07) is 2.39. The van der Waals surface area contributed by atoms with Gasteiger partial charge in [-0.05, 0) is 31.9 Å². The second kappa shape index (κ2) is 6.02. The van der Waals surface area contributed by atoms with Crippen molar-refractivity contribution in [2.45, 2.75) is 32.4 Å². The van der Waals surface area contributed by atoms with E-state index in [0.29, 0.717) is 11.6 Å². The highest BCUT2D eigenvalue weighted by Crippen LogP contribution is 2.25. The van der Waals surface area contributed by atoms with Gasteiger partial charge in [-0.3, -0.25) is 0 Å². The summed E-state index contributed by atoms with van der Waals surface area (Å²) in [5.74, 6) is 1.35. The Morgan fingerprint density at radius 2 is 2.14 bits per heavy atom. The minimum Gasteiger partial charge on any atom is -0.395 e. The number of pyridine rings is 1. The number of aryl methyl sites for hydroxylation is 2. The fourth-order valence-corrected chi connectivity index (χ4v) is 2.97. The summed E-state index contributed by atoms with van der Waals surface area (Å²) in [7, 11) is 1.85. The minimum atomic E-state index is 0.143. The van der Waals surface area contributed by atoms with Gasteiger partial charge in [0.15, 0.2) is 5.65 Å². The number of aromatic nitrogens is 3. The van der Waals surface area contributed by atoms with Crippen LogP contribution in [0.5, 0.6) is 0 Å². The summed E-state index contributed by atoms with van der Waals surface area (Å²) >= 11 is 0. The van der Waals surface area contributed by atoms with Gasteiger partial charge in [-0.1, -0.05) is 0 Å². The Kier molecular flexibility index (Phi) is 4.08. The van der Waals surface area contributed by atoms with Gasteiger partial charge in [0.1, 0.15) is 5.82 Å². The third kappa shape index (κ3) is 2.82. The highest BCUT2D eigenvalue weighted by atomic mass is 16.3. The first-order valence-corrected chi connectivity index (χ1v) is 7.55. The first-order valence-electron chi connectivity index (χ1n) is 7.55. The zero-order chi connectivity index (χ0) is 15.7. The number of aliphatic hydroxyl groups excluding tert-OH is 1. The first-order chi connectivity index (χ1) is 10.6. The topological polar surface area (TPSA) is 95.0 Å². The summed E-state index contributed by atoms with van der Waals surface area (Å²) in [5.41, 5.74) is 2.75. The molecule has 22 heavy (non-hydrogen) atoms. The van der Waals surface area contributed by atoms with Crippen molar-refractivity contribution in [3.8, 4) is 0 Å². The minimum absolute atomic E-state index is 0.143. The van der Waals surface area contributed by atoms with Crippen LogP contribution in [0.25, 0.3) is 11.0 Å². The van der Waals surface area contributed by atoms with Crippen molar-refractivity contribution in [2.75, 3.05) is 30.8 Å². The zero-order valence-electron chi connectivity index (χ0n) is 13.1. The van der Waals surface area contributed by atoms with Crippen LogP contribution in [0.3, 0.4) is 0 Å². The molecule has 2 unspecified atom stereocenters. The third-order valence-electron chi connectivity index (χ3n) is 4.00. The Balaban J connectivity index is 1.94. The van der Waals surface area contributed by atoms with E-state index in [1.165, 1.54) is 0 Å². The smallest absolute Gasteiger partial charge is 0.226 e. The maximum absolute atomic E-state index is 9.19. The molecule has 0 spiro atoms. The lowest BCUT2D eigenvalue weighted by Crippen LogP contribution is -2.25. The predicted octanol–water partition coefficient (Wildman–Crippen LogP) is 0.818. The van der Waals surface area contributed by atoms with Gasteiger partial charge in [-0.25, -0.2) is 4.98 Å². The van der Waals surface area contributed by atoms with E-state index in [2.05, 4.69) is 30.9 Å². The molecule has 2 aromatic heterocycles.